The van der Waals surface area contributed by atoms with Gasteiger partial charge in [-0.05, 0) is 35.9 Å². The van der Waals surface area contributed by atoms with Crippen LogP contribution in [-0.2, 0) is 14.6 Å². The van der Waals surface area contributed by atoms with Crippen molar-refractivity contribution in [3.05, 3.63) is 29.3 Å². The van der Waals surface area contributed by atoms with Gasteiger partial charge >= 0.3 is 0 Å². The largest absolute Gasteiger partial charge is 0.350 e. The van der Waals surface area contributed by atoms with Crippen molar-refractivity contribution in [1.29, 1.82) is 0 Å². The number of carbonyl (C=O) groups excluding carboxylic acids is 1. The molecule has 1 N–H and O–H groups in total. The highest BCUT2D eigenvalue weighted by Crippen LogP contribution is 2.22. The molecule has 1 aromatic heterocycles. The van der Waals surface area contributed by atoms with E-state index in [0.717, 1.165) is 16.8 Å². The van der Waals surface area contributed by atoms with E-state index in [9.17, 15) is 13.2 Å². The zero-order valence-corrected chi connectivity index (χ0v) is 16.6. The fourth-order valence-corrected chi connectivity index (χ4v) is 6.02. The van der Waals surface area contributed by atoms with Crippen LogP contribution in [0.2, 0.25) is 0 Å². The second-order valence-electron chi connectivity index (χ2n) is 6.22. The third kappa shape index (κ3) is 4.36. The Kier molecular flexibility index (Phi) is 5.54. The van der Waals surface area contributed by atoms with E-state index >= 15 is 0 Å². The third-order valence-electron chi connectivity index (χ3n) is 3.98. The van der Waals surface area contributed by atoms with Crippen LogP contribution < -0.4 is 5.32 Å². The molecule has 0 radical (unpaired) electrons. The number of nitrogens with one attached hydrogen (secondary N) is 1. The Morgan fingerprint density at radius 1 is 1.38 bits per heavy atom. The maximum Gasteiger partial charge on any atom is 0.230 e. The number of tetrazole rings is 1. The highest BCUT2D eigenvalue weighted by molar-refractivity contribution is 7.99. The Bertz CT molecular complexity index is 931. The molecular weight excluding hydrogens is 398 g/mol. The van der Waals surface area contributed by atoms with Gasteiger partial charge in [-0.25, -0.2) is 8.42 Å². The Hall–Kier alpha value is -1.65. The number of hydrogen-bond acceptors (Lipinski definition) is 7. The summed E-state index contributed by atoms with van der Waals surface area (Å²) in [5.74, 6) is -0.487. The lowest BCUT2D eigenvalue weighted by molar-refractivity contribution is -0.119. The standard InChI is InChI=1S/C15H18ClN5O3S2/c1-9-3-4-13(10(2)5-9)21-15(18-19-20-21)25-6-14(22)17-12-8-26(23,24)7-11(12)16/h3-5,11-12H,6-8H2,1-2H3,(H,17,22)/t11-,12-/m1/s1. The molecule has 2 atom stereocenters. The molecule has 0 bridgehead atoms. The van der Waals surface area contributed by atoms with Crippen molar-refractivity contribution in [3.63, 3.8) is 0 Å². The van der Waals surface area contributed by atoms with E-state index < -0.39 is 21.3 Å². The lowest BCUT2D eigenvalue weighted by Crippen LogP contribution is -2.41. The molecule has 1 fully saturated rings. The minimum atomic E-state index is -3.19. The summed E-state index contributed by atoms with van der Waals surface area (Å²) in [6, 6.07) is 5.35. The lowest BCUT2D eigenvalue weighted by atomic mass is 10.1. The number of aromatic nitrogens is 4. The molecule has 3 rings (SSSR count). The number of carbonyl (C=O) groups is 1. The average molecular weight is 416 g/mol. The minimum absolute atomic E-state index is 0.0610. The quantitative estimate of drug-likeness (QED) is 0.570. The third-order valence-corrected chi connectivity index (χ3v) is 7.28. The highest BCUT2D eigenvalue weighted by atomic mass is 35.5. The molecule has 0 saturated carbocycles. The lowest BCUT2D eigenvalue weighted by Gasteiger charge is -2.14. The summed E-state index contributed by atoms with van der Waals surface area (Å²) in [7, 11) is -3.19. The van der Waals surface area contributed by atoms with Gasteiger partial charge in [-0.15, -0.1) is 16.7 Å². The molecule has 11 heteroatoms. The van der Waals surface area contributed by atoms with Crippen LogP contribution in [0.15, 0.2) is 23.4 Å². The van der Waals surface area contributed by atoms with Crippen LogP contribution in [0.4, 0.5) is 0 Å². The number of rotatable bonds is 5. The first kappa shape index (κ1) is 19.1. The van der Waals surface area contributed by atoms with Crippen molar-refractivity contribution in [2.45, 2.75) is 30.4 Å². The number of aryl methyl sites for hydroxylation is 2. The number of halogens is 1. The van der Waals surface area contributed by atoms with Crippen LogP contribution in [0.25, 0.3) is 5.69 Å². The van der Waals surface area contributed by atoms with Crippen molar-refractivity contribution in [2.24, 2.45) is 0 Å². The summed E-state index contributed by atoms with van der Waals surface area (Å²) in [6.45, 7) is 3.97. The molecule has 1 saturated heterocycles. The van der Waals surface area contributed by atoms with Gasteiger partial charge in [-0.3, -0.25) is 4.79 Å². The fourth-order valence-electron chi connectivity index (χ4n) is 2.78. The first-order valence-corrected chi connectivity index (χ1v) is 11.1. The van der Waals surface area contributed by atoms with Crippen molar-refractivity contribution < 1.29 is 13.2 Å². The van der Waals surface area contributed by atoms with Gasteiger partial charge in [-0.2, -0.15) is 4.68 Å². The summed E-state index contributed by atoms with van der Waals surface area (Å²) < 4.78 is 24.7. The molecule has 1 aliphatic rings. The van der Waals surface area contributed by atoms with E-state index in [0.29, 0.717) is 5.16 Å². The van der Waals surface area contributed by atoms with Crippen molar-refractivity contribution in [2.75, 3.05) is 17.3 Å². The first-order chi connectivity index (χ1) is 12.2. The minimum Gasteiger partial charge on any atom is -0.350 e. The molecule has 140 valence electrons. The molecular formula is C15H18ClN5O3S2. The first-order valence-electron chi connectivity index (χ1n) is 7.88. The zero-order valence-electron chi connectivity index (χ0n) is 14.2. The number of alkyl halides is 1. The van der Waals surface area contributed by atoms with E-state index in [1.54, 1.807) is 4.68 Å². The molecule has 2 aromatic rings. The van der Waals surface area contributed by atoms with E-state index in [4.69, 9.17) is 11.6 Å². The second-order valence-corrected chi connectivity index (χ2v) is 9.88. The highest BCUT2D eigenvalue weighted by Gasteiger charge is 2.37. The van der Waals surface area contributed by atoms with Gasteiger partial charge in [0, 0.05) is 0 Å². The number of sulfone groups is 1. The zero-order chi connectivity index (χ0) is 18.9. The van der Waals surface area contributed by atoms with Crippen molar-refractivity contribution in [3.8, 4) is 5.69 Å². The van der Waals surface area contributed by atoms with Gasteiger partial charge in [0.15, 0.2) is 9.84 Å². The molecule has 0 spiro atoms. The average Bonchev–Trinajstić information content (AvgIpc) is 3.09. The number of amides is 1. The summed E-state index contributed by atoms with van der Waals surface area (Å²) >= 11 is 7.18. The summed E-state index contributed by atoms with van der Waals surface area (Å²) in [6.07, 6.45) is 0. The van der Waals surface area contributed by atoms with Crippen molar-refractivity contribution in [1.82, 2.24) is 25.5 Å². The molecule has 0 aliphatic carbocycles. The van der Waals surface area contributed by atoms with Crippen LogP contribution >= 0.6 is 23.4 Å². The molecule has 1 aliphatic heterocycles. The molecule has 26 heavy (non-hydrogen) atoms. The number of benzene rings is 1. The van der Waals surface area contributed by atoms with Gasteiger partial charge in [0.05, 0.1) is 34.4 Å². The Labute approximate surface area is 160 Å². The van der Waals surface area contributed by atoms with Crippen LogP contribution in [0.5, 0.6) is 0 Å². The van der Waals surface area contributed by atoms with Crippen molar-refractivity contribution >= 4 is 39.1 Å². The summed E-state index contributed by atoms with van der Waals surface area (Å²) in [5.41, 5.74) is 2.99. The molecule has 8 nitrogen and oxygen atoms in total. The van der Waals surface area contributed by atoms with Crippen LogP contribution in [-0.4, -0.2) is 63.2 Å². The summed E-state index contributed by atoms with van der Waals surface area (Å²) in [4.78, 5) is 12.1. The predicted octanol–water partition coefficient (Wildman–Crippen LogP) is 0.892. The number of hydrogen-bond donors (Lipinski definition) is 1. The normalized spacial score (nSPS) is 21.7. The smallest absolute Gasteiger partial charge is 0.230 e. The number of nitrogens with zero attached hydrogens (tertiary/aromatic N) is 4. The topological polar surface area (TPSA) is 107 Å². The maximum absolute atomic E-state index is 12.1. The van der Waals surface area contributed by atoms with Crippen LogP contribution in [0, 0.1) is 13.8 Å². The van der Waals surface area contributed by atoms with Gasteiger partial charge < -0.3 is 5.32 Å². The molecule has 1 aromatic carbocycles. The summed E-state index contributed by atoms with van der Waals surface area (Å²) in [5, 5.41) is 14.2. The van der Waals surface area contributed by atoms with E-state index in [2.05, 4.69) is 20.8 Å². The van der Waals surface area contributed by atoms with Gasteiger partial charge in [0.2, 0.25) is 11.1 Å². The predicted molar refractivity (Wildman–Crippen MR) is 99.6 cm³/mol. The van der Waals surface area contributed by atoms with Gasteiger partial charge in [0.25, 0.3) is 0 Å². The van der Waals surface area contributed by atoms with E-state index in [-0.39, 0.29) is 23.2 Å². The maximum atomic E-state index is 12.1. The second kappa shape index (κ2) is 7.53. The molecule has 1 amide bonds. The monoisotopic (exact) mass is 415 g/mol. The van der Waals surface area contributed by atoms with E-state index in [1.807, 2.05) is 32.0 Å². The SMILES string of the molecule is Cc1ccc(-n2nnnc2SCC(=O)N[C@@H]2CS(=O)(=O)C[C@H]2Cl)c(C)c1. The molecule has 2 heterocycles. The Morgan fingerprint density at radius 2 is 2.15 bits per heavy atom. The molecule has 0 unspecified atom stereocenters. The Morgan fingerprint density at radius 3 is 2.81 bits per heavy atom. The van der Waals surface area contributed by atoms with Gasteiger partial charge in [0.1, 0.15) is 0 Å². The number of thioether (sulfide) groups is 1. The van der Waals surface area contributed by atoms with Gasteiger partial charge in [-0.1, -0.05) is 29.5 Å². The van der Waals surface area contributed by atoms with E-state index in [1.165, 1.54) is 11.8 Å². The fraction of sp³-hybridized carbons (Fsp3) is 0.467. The van der Waals surface area contributed by atoms with Crippen LogP contribution in [0.3, 0.4) is 0 Å². The van der Waals surface area contributed by atoms with Crippen LogP contribution in [0.1, 0.15) is 11.1 Å². The Balaban J connectivity index is 1.64.